The molecule has 0 N–H and O–H groups in total. The van der Waals surface area contributed by atoms with Gasteiger partial charge in [-0.1, -0.05) is 48.3 Å². The maximum atomic E-state index is 13.3. The van der Waals surface area contributed by atoms with Crippen LogP contribution in [0.3, 0.4) is 0 Å². The molecule has 0 aliphatic carbocycles. The number of benzene rings is 2. The number of rotatable bonds is 6. The summed E-state index contributed by atoms with van der Waals surface area (Å²) in [5.41, 5.74) is 1.14. The molecule has 30 heavy (non-hydrogen) atoms. The van der Waals surface area contributed by atoms with Gasteiger partial charge in [0.1, 0.15) is 0 Å². The normalized spacial score (nSPS) is 14.5. The van der Waals surface area contributed by atoms with Crippen molar-refractivity contribution in [3.05, 3.63) is 63.6 Å². The van der Waals surface area contributed by atoms with Gasteiger partial charge < -0.3 is 14.5 Å². The molecule has 1 heterocycles. The lowest BCUT2D eigenvalue weighted by atomic mass is 10.0. The molecule has 0 aromatic heterocycles. The molecular formula is C23H26Cl2N2O3. The van der Waals surface area contributed by atoms with Crippen LogP contribution in [0.2, 0.25) is 10.0 Å². The molecule has 3 rings (SSSR count). The highest BCUT2D eigenvalue weighted by atomic mass is 35.5. The number of piperidine rings is 1. The maximum Gasteiger partial charge on any atom is 0.254 e. The van der Waals surface area contributed by atoms with E-state index in [9.17, 15) is 9.59 Å². The van der Waals surface area contributed by atoms with Crippen LogP contribution in [-0.4, -0.2) is 54.4 Å². The summed E-state index contributed by atoms with van der Waals surface area (Å²) in [6.07, 6.45) is 2.32. The van der Waals surface area contributed by atoms with Gasteiger partial charge in [-0.3, -0.25) is 9.59 Å². The molecule has 1 saturated heterocycles. The molecule has 1 aliphatic rings. The second-order valence-corrected chi connectivity index (χ2v) is 8.18. The standard InChI is InChI=1S/C23H26Cl2N2O3/c1-3-11-27(23(29)17-14-19(24)21(30-2)20(25)15-17)18-9-12-26(13-10-18)22(28)16-7-5-4-6-8-16/h4-8,14-15,18H,3,9-13H2,1-2H3. The van der Waals surface area contributed by atoms with Gasteiger partial charge in [0.25, 0.3) is 11.8 Å². The van der Waals surface area contributed by atoms with Crippen LogP contribution < -0.4 is 4.74 Å². The zero-order valence-electron chi connectivity index (χ0n) is 17.2. The zero-order valence-corrected chi connectivity index (χ0v) is 18.7. The minimum atomic E-state index is -0.101. The number of hydrogen-bond acceptors (Lipinski definition) is 3. The number of halogens is 2. The third-order valence-electron chi connectivity index (χ3n) is 5.39. The molecule has 2 aromatic carbocycles. The van der Waals surface area contributed by atoms with E-state index in [2.05, 4.69) is 0 Å². The highest BCUT2D eigenvalue weighted by Gasteiger charge is 2.30. The Bertz CT molecular complexity index is 874. The Kier molecular flexibility index (Phi) is 7.62. The molecule has 0 radical (unpaired) electrons. The summed E-state index contributed by atoms with van der Waals surface area (Å²) < 4.78 is 5.18. The molecule has 7 heteroatoms. The summed E-state index contributed by atoms with van der Waals surface area (Å²) in [6, 6.07) is 12.6. The van der Waals surface area contributed by atoms with E-state index in [1.54, 1.807) is 12.1 Å². The van der Waals surface area contributed by atoms with Gasteiger partial charge in [0.05, 0.1) is 17.2 Å². The summed E-state index contributed by atoms with van der Waals surface area (Å²) in [4.78, 5) is 29.7. The van der Waals surface area contributed by atoms with Crippen LogP contribution >= 0.6 is 23.2 Å². The second-order valence-electron chi connectivity index (χ2n) is 7.36. The van der Waals surface area contributed by atoms with Gasteiger partial charge in [-0.2, -0.15) is 0 Å². The van der Waals surface area contributed by atoms with E-state index >= 15 is 0 Å². The van der Waals surface area contributed by atoms with Crippen molar-refractivity contribution in [3.63, 3.8) is 0 Å². The monoisotopic (exact) mass is 448 g/mol. The van der Waals surface area contributed by atoms with E-state index in [1.807, 2.05) is 47.1 Å². The Labute approximate surface area is 187 Å². The smallest absolute Gasteiger partial charge is 0.254 e. The van der Waals surface area contributed by atoms with Crippen molar-refractivity contribution >= 4 is 35.0 Å². The van der Waals surface area contributed by atoms with Crippen LogP contribution in [0, 0.1) is 0 Å². The van der Waals surface area contributed by atoms with E-state index in [0.717, 1.165) is 19.3 Å². The van der Waals surface area contributed by atoms with E-state index in [-0.39, 0.29) is 17.9 Å². The van der Waals surface area contributed by atoms with E-state index in [4.69, 9.17) is 27.9 Å². The van der Waals surface area contributed by atoms with Crippen LogP contribution in [0.25, 0.3) is 0 Å². The summed E-state index contributed by atoms with van der Waals surface area (Å²) in [5, 5.41) is 0.626. The Morgan fingerprint density at radius 2 is 1.67 bits per heavy atom. The number of amides is 2. The van der Waals surface area contributed by atoms with E-state index in [1.165, 1.54) is 7.11 Å². The second kappa shape index (κ2) is 10.2. The first kappa shape index (κ1) is 22.4. The highest BCUT2D eigenvalue weighted by Crippen LogP contribution is 2.34. The summed E-state index contributed by atoms with van der Waals surface area (Å²) in [7, 11) is 1.49. The van der Waals surface area contributed by atoms with Gasteiger partial charge in [-0.25, -0.2) is 0 Å². The van der Waals surface area contributed by atoms with Crippen LogP contribution in [0.15, 0.2) is 42.5 Å². The first-order valence-electron chi connectivity index (χ1n) is 10.1. The quantitative estimate of drug-likeness (QED) is 0.612. The third kappa shape index (κ3) is 4.90. The number of likely N-dealkylation sites (tertiary alicyclic amines) is 1. The minimum Gasteiger partial charge on any atom is -0.494 e. The van der Waals surface area contributed by atoms with Gasteiger partial charge in [-0.15, -0.1) is 0 Å². The van der Waals surface area contributed by atoms with Crippen molar-refractivity contribution in [1.29, 1.82) is 0 Å². The first-order chi connectivity index (χ1) is 14.5. The fourth-order valence-corrected chi connectivity index (χ4v) is 4.52. The van der Waals surface area contributed by atoms with Crippen LogP contribution in [0.4, 0.5) is 0 Å². The van der Waals surface area contributed by atoms with Crippen molar-refractivity contribution in [1.82, 2.24) is 9.80 Å². The molecule has 5 nitrogen and oxygen atoms in total. The average Bonchev–Trinajstić information content (AvgIpc) is 2.77. The molecule has 0 atom stereocenters. The molecule has 1 aliphatic heterocycles. The van der Waals surface area contributed by atoms with Crippen LogP contribution in [0.5, 0.6) is 5.75 Å². The zero-order chi connectivity index (χ0) is 21.7. The fraction of sp³-hybridized carbons (Fsp3) is 0.391. The summed E-state index contributed by atoms with van der Waals surface area (Å²) >= 11 is 12.5. The van der Waals surface area contributed by atoms with Gasteiger partial charge >= 0.3 is 0 Å². The Balaban J connectivity index is 1.71. The predicted molar refractivity (Wildman–Crippen MR) is 120 cm³/mol. The summed E-state index contributed by atoms with van der Waals surface area (Å²) in [5.74, 6) is 0.303. The largest absolute Gasteiger partial charge is 0.494 e. The molecule has 1 fully saturated rings. The number of ether oxygens (including phenoxy) is 1. The van der Waals surface area contributed by atoms with E-state index < -0.39 is 0 Å². The molecule has 2 amide bonds. The Morgan fingerprint density at radius 1 is 1.07 bits per heavy atom. The number of carbonyl (C=O) groups is 2. The van der Waals surface area contributed by atoms with Crippen LogP contribution in [-0.2, 0) is 0 Å². The predicted octanol–water partition coefficient (Wildman–Crippen LogP) is 5.16. The van der Waals surface area contributed by atoms with Crippen LogP contribution in [0.1, 0.15) is 46.9 Å². The van der Waals surface area contributed by atoms with Gasteiger partial charge in [0.2, 0.25) is 0 Å². The average molecular weight is 449 g/mol. The van der Waals surface area contributed by atoms with Gasteiger partial charge in [0.15, 0.2) is 5.75 Å². The number of nitrogens with zero attached hydrogens (tertiary/aromatic N) is 2. The third-order valence-corrected chi connectivity index (χ3v) is 5.95. The van der Waals surface area contributed by atoms with E-state index in [0.29, 0.717) is 46.6 Å². The highest BCUT2D eigenvalue weighted by molar-refractivity contribution is 6.37. The Hall–Kier alpha value is -2.24. The number of hydrogen-bond donors (Lipinski definition) is 0. The van der Waals surface area contributed by atoms with Crippen molar-refractivity contribution < 1.29 is 14.3 Å². The summed E-state index contributed by atoms with van der Waals surface area (Å²) in [6.45, 7) is 3.92. The van der Waals surface area contributed by atoms with Crippen molar-refractivity contribution in [2.75, 3.05) is 26.7 Å². The van der Waals surface area contributed by atoms with Gasteiger partial charge in [-0.05, 0) is 43.5 Å². The lowest BCUT2D eigenvalue weighted by molar-refractivity contribution is 0.0519. The lowest BCUT2D eigenvalue weighted by Gasteiger charge is -2.38. The van der Waals surface area contributed by atoms with Crippen molar-refractivity contribution in [2.24, 2.45) is 0 Å². The van der Waals surface area contributed by atoms with Gasteiger partial charge in [0, 0.05) is 36.8 Å². The molecule has 0 bridgehead atoms. The first-order valence-corrected chi connectivity index (χ1v) is 10.9. The Morgan fingerprint density at radius 3 is 2.20 bits per heavy atom. The number of carbonyl (C=O) groups excluding carboxylic acids is 2. The maximum absolute atomic E-state index is 13.3. The van der Waals surface area contributed by atoms with Crippen molar-refractivity contribution in [3.8, 4) is 5.75 Å². The molecule has 0 unspecified atom stereocenters. The number of methoxy groups -OCH3 is 1. The molecule has 0 spiro atoms. The fourth-order valence-electron chi connectivity index (χ4n) is 3.88. The molecule has 0 saturated carbocycles. The molecule has 160 valence electrons. The SMILES string of the molecule is CCCN(C(=O)c1cc(Cl)c(OC)c(Cl)c1)C1CCN(C(=O)c2ccccc2)CC1. The lowest BCUT2D eigenvalue weighted by Crippen LogP contribution is -2.49. The minimum absolute atomic E-state index is 0.0381. The molecular weight excluding hydrogens is 423 g/mol. The topological polar surface area (TPSA) is 49.9 Å². The van der Waals surface area contributed by atoms with Crippen molar-refractivity contribution in [2.45, 2.75) is 32.2 Å². The molecule has 2 aromatic rings.